The van der Waals surface area contributed by atoms with Crippen LogP contribution in [0.3, 0.4) is 0 Å². The number of benzene rings is 2. The van der Waals surface area contributed by atoms with Gasteiger partial charge in [0.05, 0.1) is 11.4 Å². The molecule has 3 heteroatoms. The van der Waals surface area contributed by atoms with Crippen LogP contribution in [0, 0.1) is 0 Å². The van der Waals surface area contributed by atoms with Crippen LogP contribution in [0.2, 0.25) is 0 Å². The van der Waals surface area contributed by atoms with Crippen LogP contribution in [-0.4, -0.2) is 9.78 Å². The van der Waals surface area contributed by atoms with E-state index in [4.69, 9.17) is 5.73 Å². The molecule has 0 bridgehead atoms. The Morgan fingerprint density at radius 1 is 0.833 bits per heavy atom. The lowest BCUT2D eigenvalue weighted by Crippen LogP contribution is -1.94. The Kier molecular flexibility index (Phi) is 2.57. The smallest absolute Gasteiger partial charge is 0.0927 e. The van der Waals surface area contributed by atoms with Crippen molar-refractivity contribution in [3.05, 3.63) is 66.9 Å². The van der Waals surface area contributed by atoms with Crippen LogP contribution in [0.15, 0.2) is 66.9 Å². The van der Waals surface area contributed by atoms with Gasteiger partial charge in [0.15, 0.2) is 0 Å². The first-order valence-electron chi connectivity index (χ1n) is 5.80. The molecule has 0 radical (unpaired) electrons. The highest BCUT2D eigenvalue weighted by atomic mass is 15.3. The van der Waals surface area contributed by atoms with Gasteiger partial charge in [-0.3, -0.25) is 0 Å². The first kappa shape index (κ1) is 10.6. The van der Waals surface area contributed by atoms with Crippen LogP contribution < -0.4 is 5.73 Å². The summed E-state index contributed by atoms with van der Waals surface area (Å²) >= 11 is 0. The minimum absolute atomic E-state index is 0.765. The van der Waals surface area contributed by atoms with Crippen LogP contribution in [0.4, 0.5) is 5.69 Å². The predicted molar refractivity (Wildman–Crippen MR) is 73.4 cm³/mol. The summed E-state index contributed by atoms with van der Waals surface area (Å²) in [5.41, 5.74) is 9.51. The molecule has 0 aliphatic heterocycles. The fourth-order valence-corrected chi connectivity index (χ4v) is 1.86. The molecule has 2 N–H and O–H groups in total. The van der Waals surface area contributed by atoms with E-state index in [2.05, 4.69) is 5.10 Å². The molecule has 0 atom stereocenters. The molecule has 18 heavy (non-hydrogen) atoms. The quantitative estimate of drug-likeness (QED) is 0.693. The first-order chi connectivity index (χ1) is 8.83. The van der Waals surface area contributed by atoms with Crippen LogP contribution in [-0.2, 0) is 0 Å². The van der Waals surface area contributed by atoms with Gasteiger partial charge < -0.3 is 5.73 Å². The molecule has 0 amide bonds. The Morgan fingerprint density at radius 3 is 2.28 bits per heavy atom. The summed E-state index contributed by atoms with van der Waals surface area (Å²) in [4.78, 5) is 0. The Bertz CT molecular complexity index is 639. The molecule has 1 heterocycles. The van der Waals surface area contributed by atoms with E-state index < -0.39 is 0 Å². The van der Waals surface area contributed by atoms with Gasteiger partial charge in [-0.25, -0.2) is 4.68 Å². The Labute approximate surface area is 105 Å². The maximum absolute atomic E-state index is 5.68. The van der Waals surface area contributed by atoms with Crippen molar-refractivity contribution in [3.8, 4) is 16.9 Å². The van der Waals surface area contributed by atoms with Gasteiger partial charge in [0, 0.05) is 17.4 Å². The third kappa shape index (κ3) is 1.98. The normalized spacial score (nSPS) is 10.4. The van der Waals surface area contributed by atoms with Crippen LogP contribution >= 0.6 is 0 Å². The highest BCUT2D eigenvalue weighted by Gasteiger charge is 2.03. The van der Waals surface area contributed by atoms with Crippen molar-refractivity contribution in [1.82, 2.24) is 9.78 Å². The molecule has 0 aliphatic rings. The first-order valence-corrected chi connectivity index (χ1v) is 5.80. The van der Waals surface area contributed by atoms with E-state index in [0.717, 1.165) is 22.6 Å². The van der Waals surface area contributed by atoms with Crippen molar-refractivity contribution >= 4 is 5.69 Å². The van der Waals surface area contributed by atoms with Gasteiger partial charge in [0.2, 0.25) is 0 Å². The van der Waals surface area contributed by atoms with E-state index in [-0.39, 0.29) is 0 Å². The molecule has 0 saturated heterocycles. The summed E-state index contributed by atoms with van der Waals surface area (Å²) in [6.07, 6.45) is 1.96. The SMILES string of the molecule is Nc1ccc(-c2ccn(-c3ccccc3)n2)cc1. The van der Waals surface area contributed by atoms with E-state index in [0.29, 0.717) is 0 Å². The molecule has 0 unspecified atom stereocenters. The lowest BCUT2D eigenvalue weighted by molar-refractivity contribution is 0.884. The number of hydrogen-bond donors (Lipinski definition) is 1. The average Bonchev–Trinajstić information content (AvgIpc) is 2.90. The van der Waals surface area contributed by atoms with Gasteiger partial charge in [-0.1, -0.05) is 30.3 Å². The molecule has 3 rings (SSSR count). The number of nitrogens with two attached hydrogens (primary N) is 1. The van der Waals surface area contributed by atoms with Crippen molar-refractivity contribution in [1.29, 1.82) is 0 Å². The Hall–Kier alpha value is -2.55. The summed E-state index contributed by atoms with van der Waals surface area (Å²) < 4.78 is 1.87. The van der Waals surface area contributed by atoms with Gasteiger partial charge in [-0.15, -0.1) is 0 Å². The molecular weight excluding hydrogens is 222 g/mol. The summed E-state index contributed by atoms with van der Waals surface area (Å²) in [7, 11) is 0. The van der Waals surface area contributed by atoms with Crippen molar-refractivity contribution in [2.45, 2.75) is 0 Å². The molecule has 0 fully saturated rings. The average molecular weight is 235 g/mol. The zero-order valence-electron chi connectivity index (χ0n) is 9.82. The molecule has 88 valence electrons. The maximum Gasteiger partial charge on any atom is 0.0927 e. The summed E-state index contributed by atoms with van der Waals surface area (Å²) in [5.74, 6) is 0. The number of hydrogen-bond acceptors (Lipinski definition) is 2. The van der Waals surface area contributed by atoms with E-state index in [9.17, 15) is 0 Å². The van der Waals surface area contributed by atoms with Crippen LogP contribution in [0.25, 0.3) is 16.9 Å². The lowest BCUT2D eigenvalue weighted by atomic mass is 10.1. The van der Waals surface area contributed by atoms with Crippen molar-refractivity contribution in [2.75, 3.05) is 5.73 Å². The highest BCUT2D eigenvalue weighted by molar-refractivity contribution is 5.61. The second-order valence-electron chi connectivity index (χ2n) is 4.10. The largest absolute Gasteiger partial charge is 0.399 e. The van der Waals surface area contributed by atoms with Crippen molar-refractivity contribution in [3.63, 3.8) is 0 Å². The van der Waals surface area contributed by atoms with E-state index in [1.165, 1.54) is 0 Å². The lowest BCUT2D eigenvalue weighted by Gasteiger charge is -2.00. The third-order valence-electron chi connectivity index (χ3n) is 2.82. The highest BCUT2D eigenvalue weighted by Crippen LogP contribution is 2.19. The molecular formula is C15H13N3. The zero-order chi connectivity index (χ0) is 12.4. The number of rotatable bonds is 2. The number of para-hydroxylation sites is 1. The third-order valence-corrected chi connectivity index (χ3v) is 2.82. The minimum Gasteiger partial charge on any atom is -0.399 e. The van der Waals surface area contributed by atoms with Gasteiger partial charge in [-0.05, 0) is 30.3 Å². The maximum atomic E-state index is 5.68. The topological polar surface area (TPSA) is 43.8 Å². The van der Waals surface area contributed by atoms with Gasteiger partial charge in [-0.2, -0.15) is 5.10 Å². The minimum atomic E-state index is 0.765. The van der Waals surface area contributed by atoms with Crippen molar-refractivity contribution in [2.24, 2.45) is 0 Å². The van der Waals surface area contributed by atoms with E-state index in [1.807, 2.05) is 71.5 Å². The Morgan fingerprint density at radius 2 is 1.56 bits per heavy atom. The molecule has 3 aromatic rings. The fourth-order valence-electron chi connectivity index (χ4n) is 1.86. The van der Waals surface area contributed by atoms with Crippen LogP contribution in [0.5, 0.6) is 0 Å². The second kappa shape index (κ2) is 4.37. The number of nitrogen functional groups attached to an aromatic ring is 1. The monoisotopic (exact) mass is 235 g/mol. The van der Waals surface area contributed by atoms with Crippen LogP contribution in [0.1, 0.15) is 0 Å². The second-order valence-corrected chi connectivity index (χ2v) is 4.10. The van der Waals surface area contributed by atoms with Gasteiger partial charge >= 0.3 is 0 Å². The molecule has 3 nitrogen and oxygen atoms in total. The van der Waals surface area contributed by atoms with E-state index in [1.54, 1.807) is 0 Å². The summed E-state index contributed by atoms with van der Waals surface area (Å²) in [5, 5.41) is 4.56. The number of aromatic nitrogens is 2. The number of nitrogens with zero attached hydrogens (tertiary/aromatic N) is 2. The summed E-state index contributed by atoms with van der Waals surface area (Å²) in [6.45, 7) is 0. The molecule has 1 aromatic heterocycles. The number of anilines is 1. The van der Waals surface area contributed by atoms with Gasteiger partial charge in [0.25, 0.3) is 0 Å². The van der Waals surface area contributed by atoms with Crippen molar-refractivity contribution < 1.29 is 0 Å². The van der Waals surface area contributed by atoms with E-state index >= 15 is 0 Å². The predicted octanol–water partition coefficient (Wildman–Crippen LogP) is 3.12. The molecule has 0 saturated carbocycles. The zero-order valence-corrected chi connectivity index (χ0v) is 9.82. The Balaban J connectivity index is 1.97. The molecule has 2 aromatic carbocycles. The molecule has 0 spiro atoms. The molecule has 0 aliphatic carbocycles. The standard InChI is InChI=1S/C15H13N3/c16-13-8-6-12(7-9-13)15-10-11-18(17-15)14-4-2-1-3-5-14/h1-11H,16H2. The fraction of sp³-hybridized carbons (Fsp3) is 0. The van der Waals surface area contributed by atoms with Gasteiger partial charge in [0.1, 0.15) is 0 Å². The summed E-state index contributed by atoms with van der Waals surface area (Å²) in [6, 6.07) is 19.8.